The minimum absolute atomic E-state index is 0.364. The molecule has 0 spiro atoms. The summed E-state index contributed by atoms with van der Waals surface area (Å²) in [6, 6.07) is 15.3. The van der Waals surface area contributed by atoms with Crippen molar-refractivity contribution in [1.29, 1.82) is 0 Å². The lowest BCUT2D eigenvalue weighted by Gasteiger charge is -2.22. The van der Waals surface area contributed by atoms with E-state index < -0.39 is 0 Å². The van der Waals surface area contributed by atoms with E-state index in [1.165, 1.54) is 0 Å². The second kappa shape index (κ2) is 4.86. The van der Waals surface area contributed by atoms with E-state index in [0.717, 1.165) is 16.9 Å². The van der Waals surface area contributed by atoms with Crippen LogP contribution >= 0.6 is 0 Å². The van der Waals surface area contributed by atoms with Gasteiger partial charge in [0.1, 0.15) is 0 Å². The summed E-state index contributed by atoms with van der Waals surface area (Å²) < 4.78 is 0. The molecule has 6 N–H and O–H groups in total. The molecule has 0 heterocycles. The molecule has 4 nitrogen and oxygen atoms in total. The van der Waals surface area contributed by atoms with Gasteiger partial charge in [-0.1, -0.05) is 24.3 Å². The Labute approximate surface area is 101 Å². The number of nitrogens with two attached hydrogens (primary N) is 3. The molecule has 0 aliphatic carbocycles. The molecule has 0 unspecified atom stereocenters. The van der Waals surface area contributed by atoms with Gasteiger partial charge in [-0.05, 0) is 24.3 Å². The first-order valence-electron chi connectivity index (χ1n) is 5.41. The summed E-state index contributed by atoms with van der Waals surface area (Å²) in [5.74, 6) is 6.08. The SMILES string of the molecule is NCc1c(N)cccc1N(N)c1ccccc1. The van der Waals surface area contributed by atoms with Gasteiger partial charge in [0.15, 0.2) is 0 Å². The summed E-state index contributed by atoms with van der Waals surface area (Å²) in [5, 5.41) is 1.60. The molecular weight excluding hydrogens is 212 g/mol. The lowest BCUT2D eigenvalue weighted by Crippen LogP contribution is -2.26. The molecule has 88 valence electrons. The monoisotopic (exact) mass is 228 g/mol. The minimum Gasteiger partial charge on any atom is -0.398 e. The van der Waals surface area contributed by atoms with Crippen molar-refractivity contribution in [3.63, 3.8) is 0 Å². The van der Waals surface area contributed by atoms with Crippen LogP contribution in [0.15, 0.2) is 48.5 Å². The Morgan fingerprint density at radius 2 is 1.65 bits per heavy atom. The van der Waals surface area contributed by atoms with Crippen molar-refractivity contribution in [1.82, 2.24) is 0 Å². The Kier molecular flexibility index (Phi) is 3.27. The molecule has 2 aromatic carbocycles. The largest absolute Gasteiger partial charge is 0.398 e. The van der Waals surface area contributed by atoms with Gasteiger partial charge < -0.3 is 11.5 Å². The van der Waals surface area contributed by atoms with Crippen LogP contribution in [-0.4, -0.2) is 0 Å². The molecule has 0 radical (unpaired) electrons. The Morgan fingerprint density at radius 1 is 0.941 bits per heavy atom. The van der Waals surface area contributed by atoms with E-state index in [1.807, 2.05) is 48.5 Å². The zero-order chi connectivity index (χ0) is 12.3. The van der Waals surface area contributed by atoms with Crippen molar-refractivity contribution in [2.45, 2.75) is 6.54 Å². The lowest BCUT2D eigenvalue weighted by atomic mass is 10.1. The van der Waals surface area contributed by atoms with Gasteiger partial charge in [-0.25, -0.2) is 5.84 Å². The summed E-state index contributed by atoms with van der Waals surface area (Å²) in [5.41, 5.74) is 14.8. The van der Waals surface area contributed by atoms with Crippen molar-refractivity contribution in [2.75, 3.05) is 10.7 Å². The quantitative estimate of drug-likeness (QED) is 0.424. The van der Waals surface area contributed by atoms with Crippen molar-refractivity contribution in [3.05, 3.63) is 54.1 Å². The molecule has 4 heteroatoms. The summed E-state index contributed by atoms with van der Waals surface area (Å²) >= 11 is 0. The van der Waals surface area contributed by atoms with Crippen LogP contribution in [0.2, 0.25) is 0 Å². The fourth-order valence-corrected chi connectivity index (χ4v) is 1.77. The third-order valence-electron chi connectivity index (χ3n) is 2.69. The van der Waals surface area contributed by atoms with Crippen LogP contribution in [0, 0.1) is 0 Å². The number of hydrazine groups is 1. The van der Waals surface area contributed by atoms with E-state index in [9.17, 15) is 0 Å². The van der Waals surface area contributed by atoms with Gasteiger partial charge in [-0.3, -0.25) is 5.01 Å². The highest BCUT2D eigenvalue weighted by Gasteiger charge is 2.10. The van der Waals surface area contributed by atoms with E-state index in [0.29, 0.717) is 12.2 Å². The van der Waals surface area contributed by atoms with E-state index >= 15 is 0 Å². The molecule has 0 aliphatic heterocycles. The van der Waals surface area contributed by atoms with E-state index in [4.69, 9.17) is 17.3 Å². The summed E-state index contributed by atoms with van der Waals surface area (Å²) in [6.07, 6.45) is 0. The van der Waals surface area contributed by atoms with Crippen LogP contribution in [0.3, 0.4) is 0 Å². The Hall–Kier alpha value is -2.04. The summed E-state index contributed by atoms with van der Waals surface area (Å²) in [4.78, 5) is 0. The molecule has 0 aromatic heterocycles. The Bertz CT molecular complexity index is 496. The van der Waals surface area contributed by atoms with Crippen molar-refractivity contribution >= 4 is 17.1 Å². The maximum absolute atomic E-state index is 6.08. The summed E-state index contributed by atoms with van der Waals surface area (Å²) in [6.45, 7) is 0.364. The van der Waals surface area contributed by atoms with Crippen LogP contribution in [0.25, 0.3) is 0 Å². The van der Waals surface area contributed by atoms with Gasteiger partial charge in [0.2, 0.25) is 0 Å². The van der Waals surface area contributed by atoms with Crippen molar-refractivity contribution < 1.29 is 0 Å². The fraction of sp³-hybridized carbons (Fsp3) is 0.0769. The highest BCUT2D eigenvalue weighted by Crippen LogP contribution is 2.28. The zero-order valence-electron chi connectivity index (χ0n) is 9.51. The Morgan fingerprint density at radius 3 is 2.29 bits per heavy atom. The lowest BCUT2D eigenvalue weighted by molar-refractivity contribution is 1.02. The topological polar surface area (TPSA) is 81.3 Å². The molecule has 0 amide bonds. The zero-order valence-corrected chi connectivity index (χ0v) is 9.51. The standard InChI is InChI=1S/C13H16N4/c14-9-11-12(15)7-4-8-13(11)17(16)10-5-2-1-3-6-10/h1-8H,9,14-16H2. The van der Waals surface area contributed by atoms with Crippen molar-refractivity contribution in [2.24, 2.45) is 11.6 Å². The third kappa shape index (κ3) is 2.22. The van der Waals surface area contributed by atoms with Crippen LogP contribution in [0.1, 0.15) is 5.56 Å². The number of para-hydroxylation sites is 1. The molecular formula is C13H16N4. The second-order valence-electron chi connectivity index (χ2n) is 3.75. The first-order chi connectivity index (χ1) is 8.24. The molecule has 0 bridgehead atoms. The predicted octanol–water partition coefficient (Wildman–Crippen LogP) is 1.74. The molecule has 0 saturated heterocycles. The number of anilines is 3. The molecule has 2 aromatic rings. The molecule has 0 atom stereocenters. The molecule has 2 rings (SSSR count). The maximum atomic E-state index is 6.08. The average Bonchev–Trinajstić information content (AvgIpc) is 2.38. The van der Waals surface area contributed by atoms with E-state index in [-0.39, 0.29) is 0 Å². The number of nitrogens with zero attached hydrogens (tertiary/aromatic N) is 1. The fourth-order valence-electron chi connectivity index (χ4n) is 1.77. The number of hydrogen-bond acceptors (Lipinski definition) is 4. The highest BCUT2D eigenvalue weighted by atomic mass is 15.4. The van der Waals surface area contributed by atoms with Crippen molar-refractivity contribution in [3.8, 4) is 0 Å². The minimum atomic E-state index is 0.364. The van der Waals surface area contributed by atoms with Gasteiger partial charge in [-0.2, -0.15) is 0 Å². The normalized spacial score (nSPS) is 10.2. The predicted molar refractivity (Wildman–Crippen MR) is 71.5 cm³/mol. The van der Waals surface area contributed by atoms with Gasteiger partial charge in [0.05, 0.1) is 11.4 Å². The van der Waals surface area contributed by atoms with E-state index in [2.05, 4.69) is 0 Å². The van der Waals surface area contributed by atoms with E-state index in [1.54, 1.807) is 5.01 Å². The molecule has 0 aliphatic rings. The maximum Gasteiger partial charge on any atom is 0.0640 e. The number of hydrogen-bond donors (Lipinski definition) is 3. The molecule has 17 heavy (non-hydrogen) atoms. The van der Waals surface area contributed by atoms with Gasteiger partial charge in [0, 0.05) is 17.8 Å². The first kappa shape index (κ1) is 11.4. The second-order valence-corrected chi connectivity index (χ2v) is 3.75. The summed E-state index contributed by atoms with van der Waals surface area (Å²) in [7, 11) is 0. The number of benzene rings is 2. The number of rotatable bonds is 3. The molecule has 0 fully saturated rings. The van der Waals surface area contributed by atoms with Crippen LogP contribution in [-0.2, 0) is 6.54 Å². The third-order valence-corrected chi connectivity index (χ3v) is 2.69. The van der Waals surface area contributed by atoms with Crippen LogP contribution < -0.4 is 22.3 Å². The Balaban J connectivity index is 2.44. The molecule has 0 saturated carbocycles. The smallest absolute Gasteiger partial charge is 0.0640 e. The first-order valence-corrected chi connectivity index (χ1v) is 5.41. The van der Waals surface area contributed by atoms with Gasteiger partial charge in [-0.15, -0.1) is 0 Å². The average molecular weight is 228 g/mol. The van der Waals surface area contributed by atoms with Crippen LogP contribution in [0.5, 0.6) is 0 Å². The van der Waals surface area contributed by atoms with Crippen LogP contribution in [0.4, 0.5) is 17.1 Å². The van der Waals surface area contributed by atoms with Gasteiger partial charge >= 0.3 is 0 Å². The van der Waals surface area contributed by atoms with Gasteiger partial charge in [0.25, 0.3) is 0 Å². The highest BCUT2D eigenvalue weighted by molar-refractivity contribution is 5.70. The number of nitrogen functional groups attached to an aromatic ring is 1.